The van der Waals surface area contributed by atoms with Gasteiger partial charge in [0.05, 0.1) is 0 Å². The summed E-state index contributed by atoms with van der Waals surface area (Å²) in [7, 11) is 0. The summed E-state index contributed by atoms with van der Waals surface area (Å²) >= 11 is 0. The van der Waals surface area contributed by atoms with E-state index in [0.717, 1.165) is 0 Å². The van der Waals surface area contributed by atoms with Crippen LogP contribution in [0, 0.1) is 5.92 Å². The van der Waals surface area contributed by atoms with E-state index in [-0.39, 0.29) is 23.5 Å². The Morgan fingerprint density at radius 1 is 1.15 bits per heavy atom. The molecular formula is C9H14O4. The molecule has 0 unspecified atom stereocenters. The molecule has 0 bridgehead atoms. The third kappa shape index (κ3) is 2.89. The maximum absolute atomic E-state index is 10.7. The van der Waals surface area contributed by atoms with Crippen LogP contribution in [0.3, 0.4) is 0 Å². The van der Waals surface area contributed by atoms with Gasteiger partial charge in [-0.25, -0.2) is 9.59 Å². The highest BCUT2D eigenvalue weighted by Crippen LogP contribution is 2.17. The molecule has 0 fully saturated rings. The monoisotopic (exact) mass is 186 g/mol. The van der Waals surface area contributed by atoms with Crippen molar-refractivity contribution in [1.29, 1.82) is 0 Å². The predicted molar refractivity (Wildman–Crippen MR) is 47.4 cm³/mol. The fraction of sp³-hybridized carbons (Fsp3) is 0.556. The summed E-state index contributed by atoms with van der Waals surface area (Å²) in [5.74, 6) is -2.56. The van der Waals surface area contributed by atoms with Crippen molar-refractivity contribution in [3.8, 4) is 0 Å². The molecule has 0 aromatic rings. The van der Waals surface area contributed by atoms with Crippen LogP contribution in [0.5, 0.6) is 0 Å². The second-order valence-electron chi connectivity index (χ2n) is 3.01. The van der Waals surface area contributed by atoms with Gasteiger partial charge in [0.1, 0.15) is 0 Å². The molecule has 0 saturated carbocycles. The van der Waals surface area contributed by atoms with Crippen LogP contribution >= 0.6 is 0 Å². The van der Waals surface area contributed by atoms with E-state index >= 15 is 0 Å². The standard InChI is InChI=1S/C9H14O4/c1-4-6(8(10)11)7(5(2)3)9(12)13/h5H,4H2,1-3H3,(H,10,11)(H,12,13). The Balaban J connectivity index is 5.26. The third-order valence-corrected chi connectivity index (χ3v) is 1.74. The Morgan fingerprint density at radius 3 is 1.69 bits per heavy atom. The van der Waals surface area contributed by atoms with E-state index in [4.69, 9.17) is 10.2 Å². The number of carbonyl (C=O) groups is 2. The number of hydrogen-bond donors (Lipinski definition) is 2. The molecule has 0 aliphatic heterocycles. The second-order valence-corrected chi connectivity index (χ2v) is 3.01. The summed E-state index contributed by atoms with van der Waals surface area (Å²) in [4.78, 5) is 21.4. The molecule has 0 aliphatic rings. The lowest BCUT2D eigenvalue weighted by molar-refractivity contribution is -0.136. The van der Waals surface area contributed by atoms with Gasteiger partial charge in [0.2, 0.25) is 0 Å². The first-order valence-corrected chi connectivity index (χ1v) is 4.11. The van der Waals surface area contributed by atoms with E-state index in [0.29, 0.717) is 0 Å². The zero-order chi connectivity index (χ0) is 10.6. The Labute approximate surface area is 76.9 Å². The number of carboxylic acids is 2. The Bertz CT molecular complexity index is 250. The minimum absolute atomic E-state index is 0.00463. The lowest BCUT2D eigenvalue weighted by atomic mass is 9.96. The van der Waals surface area contributed by atoms with Crippen LogP contribution in [0.2, 0.25) is 0 Å². The van der Waals surface area contributed by atoms with Gasteiger partial charge in [-0.05, 0) is 12.3 Å². The highest BCUT2D eigenvalue weighted by atomic mass is 16.4. The van der Waals surface area contributed by atoms with Crippen molar-refractivity contribution in [1.82, 2.24) is 0 Å². The number of carboxylic acid groups (broad SMARTS) is 2. The minimum atomic E-state index is -1.14. The van der Waals surface area contributed by atoms with Gasteiger partial charge in [0.25, 0.3) is 0 Å². The smallest absolute Gasteiger partial charge is 0.332 e. The van der Waals surface area contributed by atoms with Gasteiger partial charge in [-0.1, -0.05) is 20.8 Å². The molecular weight excluding hydrogens is 172 g/mol. The lowest BCUT2D eigenvalue weighted by Crippen LogP contribution is -2.15. The summed E-state index contributed by atoms with van der Waals surface area (Å²) in [6.45, 7) is 4.97. The first-order valence-electron chi connectivity index (χ1n) is 4.11. The Kier molecular flexibility index (Phi) is 4.17. The number of rotatable bonds is 4. The van der Waals surface area contributed by atoms with E-state index < -0.39 is 11.9 Å². The molecule has 4 heteroatoms. The van der Waals surface area contributed by atoms with Crippen molar-refractivity contribution in [2.45, 2.75) is 27.2 Å². The molecule has 0 atom stereocenters. The molecule has 0 amide bonds. The van der Waals surface area contributed by atoms with Crippen molar-refractivity contribution in [3.63, 3.8) is 0 Å². The summed E-state index contributed by atoms with van der Waals surface area (Å²) in [5.41, 5.74) is -0.0162. The van der Waals surface area contributed by atoms with Crippen molar-refractivity contribution in [2.24, 2.45) is 5.92 Å². The molecule has 0 aromatic carbocycles. The molecule has 2 N–H and O–H groups in total. The average molecular weight is 186 g/mol. The molecule has 74 valence electrons. The van der Waals surface area contributed by atoms with Gasteiger partial charge in [0, 0.05) is 11.1 Å². The Morgan fingerprint density at radius 2 is 1.62 bits per heavy atom. The summed E-state index contributed by atoms with van der Waals surface area (Å²) in [6, 6.07) is 0. The largest absolute Gasteiger partial charge is 0.478 e. The van der Waals surface area contributed by atoms with Gasteiger partial charge in [0.15, 0.2) is 0 Å². The molecule has 0 saturated heterocycles. The van der Waals surface area contributed by atoms with E-state index in [2.05, 4.69) is 0 Å². The topological polar surface area (TPSA) is 74.6 Å². The number of aliphatic carboxylic acids is 2. The molecule has 0 spiro atoms. The average Bonchev–Trinajstić information content (AvgIpc) is 1.97. The van der Waals surface area contributed by atoms with Crippen molar-refractivity contribution < 1.29 is 19.8 Å². The maximum atomic E-state index is 10.7. The van der Waals surface area contributed by atoms with E-state index in [9.17, 15) is 9.59 Å². The first kappa shape index (κ1) is 11.7. The van der Waals surface area contributed by atoms with Gasteiger partial charge in [-0.15, -0.1) is 0 Å². The van der Waals surface area contributed by atoms with Gasteiger partial charge in [-0.3, -0.25) is 0 Å². The van der Waals surface area contributed by atoms with Crippen molar-refractivity contribution >= 4 is 11.9 Å². The van der Waals surface area contributed by atoms with Crippen molar-refractivity contribution in [3.05, 3.63) is 11.1 Å². The molecule has 13 heavy (non-hydrogen) atoms. The quantitative estimate of drug-likeness (QED) is 0.653. The second kappa shape index (κ2) is 4.64. The van der Waals surface area contributed by atoms with E-state index in [1.54, 1.807) is 20.8 Å². The fourth-order valence-electron chi connectivity index (χ4n) is 1.18. The van der Waals surface area contributed by atoms with Crippen LogP contribution in [0.25, 0.3) is 0 Å². The summed E-state index contributed by atoms with van der Waals surface area (Å²) in [6.07, 6.45) is 0.231. The van der Waals surface area contributed by atoms with Gasteiger partial charge >= 0.3 is 11.9 Å². The van der Waals surface area contributed by atoms with Crippen LogP contribution in [-0.2, 0) is 9.59 Å². The normalized spacial score (nSPS) is 12.6. The third-order valence-electron chi connectivity index (χ3n) is 1.74. The zero-order valence-electron chi connectivity index (χ0n) is 8.00. The van der Waals surface area contributed by atoms with Crippen molar-refractivity contribution in [2.75, 3.05) is 0 Å². The predicted octanol–water partition coefficient (Wildman–Crippen LogP) is 1.52. The van der Waals surface area contributed by atoms with Crippen LogP contribution in [0.15, 0.2) is 11.1 Å². The van der Waals surface area contributed by atoms with Crippen LogP contribution in [-0.4, -0.2) is 22.2 Å². The molecule has 0 aromatic heterocycles. The lowest BCUT2D eigenvalue weighted by Gasteiger charge is -2.09. The summed E-state index contributed by atoms with van der Waals surface area (Å²) in [5, 5.41) is 17.5. The maximum Gasteiger partial charge on any atom is 0.332 e. The first-order chi connectivity index (χ1) is 5.91. The van der Waals surface area contributed by atoms with E-state index in [1.165, 1.54) is 0 Å². The van der Waals surface area contributed by atoms with Crippen LogP contribution in [0.4, 0.5) is 0 Å². The van der Waals surface area contributed by atoms with E-state index in [1.807, 2.05) is 0 Å². The molecule has 0 rings (SSSR count). The highest BCUT2D eigenvalue weighted by molar-refractivity contribution is 5.99. The molecule has 0 aliphatic carbocycles. The number of hydrogen-bond acceptors (Lipinski definition) is 2. The SMILES string of the molecule is CCC(C(=O)O)=C(C(=O)O)C(C)C. The van der Waals surface area contributed by atoms with Crippen LogP contribution in [0.1, 0.15) is 27.2 Å². The fourth-order valence-corrected chi connectivity index (χ4v) is 1.18. The zero-order valence-corrected chi connectivity index (χ0v) is 8.00. The minimum Gasteiger partial charge on any atom is -0.478 e. The molecule has 0 radical (unpaired) electrons. The Hall–Kier alpha value is -1.32. The molecule has 4 nitrogen and oxygen atoms in total. The molecule has 0 heterocycles. The van der Waals surface area contributed by atoms with Gasteiger partial charge in [-0.2, -0.15) is 0 Å². The summed E-state index contributed by atoms with van der Waals surface area (Å²) < 4.78 is 0. The highest BCUT2D eigenvalue weighted by Gasteiger charge is 2.20. The van der Waals surface area contributed by atoms with Crippen LogP contribution < -0.4 is 0 Å². The van der Waals surface area contributed by atoms with Gasteiger partial charge < -0.3 is 10.2 Å².